The molecule has 0 atom stereocenters. The van der Waals surface area contributed by atoms with Crippen LogP contribution in [0.3, 0.4) is 0 Å². The van der Waals surface area contributed by atoms with Crippen LogP contribution in [0, 0.1) is 12.3 Å². The Morgan fingerprint density at radius 1 is 1.27 bits per heavy atom. The Labute approximate surface area is 70.2 Å². The highest BCUT2D eigenvalue weighted by atomic mass is 16.1. The summed E-state index contributed by atoms with van der Waals surface area (Å²) < 4.78 is 0. The molecule has 0 aliphatic heterocycles. The highest BCUT2D eigenvalue weighted by Crippen LogP contribution is 2.18. The van der Waals surface area contributed by atoms with Gasteiger partial charge in [0.1, 0.15) is 5.78 Å². The molecule has 0 aromatic heterocycles. The van der Waals surface area contributed by atoms with E-state index in [0.717, 1.165) is 25.7 Å². The molecule has 0 fully saturated rings. The van der Waals surface area contributed by atoms with Crippen molar-refractivity contribution in [1.82, 2.24) is 0 Å². The van der Waals surface area contributed by atoms with E-state index in [1.54, 1.807) is 0 Å². The van der Waals surface area contributed by atoms with Crippen molar-refractivity contribution >= 4 is 5.78 Å². The lowest BCUT2D eigenvalue weighted by Gasteiger charge is -2.15. The second kappa shape index (κ2) is 4.53. The minimum atomic E-state index is -0.152. The van der Waals surface area contributed by atoms with Gasteiger partial charge in [0.15, 0.2) is 0 Å². The molecule has 0 spiro atoms. The van der Waals surface area contributed by atoms with Crippen molar-refractivity contribution in [3.63, 3.8) is 0 Å². The van der Waals surface area contributed by atoms with Crippen LogP contribution in [0.1, 0.15) is 46.5 Å². The summed E-state index contributed by atoms with van der Waals surface area (Å²) in [6, 6.07) is 0. The lowest BCUT2D eigenvalue weighted by molar-refractivity contribution is -0.126. The quantitative estimate of drug-likeness (QED) is 0.570. The Balaban J connectivity index is 3.54. The van der Waals surface area contributed by atoms with E-state index in [-0.39, 0.29) is 5.41 Å². The summed E-state index contributed by atoms with van der Waals surface area (Å²) in [5.41, 5.74) is -0.152. The molecule has 0 bridgehead atoms. The van der Waals surface area contributed by atoms with Crippen LogP contribution in [0.15, 0.2) is 0 Å². The van der Waals surface area contributed by atoms with Crippen molar-refractivity contribution in [2.45, 2.75) is 46.5 Å². The summed E-state index contributed by atoms with van der Waals surface area (Å²) >= 11 is 0. The maximum Gasteiger partial charge on any atom is 0.138 e. The van der Waals surface area contributed by atoms with E-state index in [9.17, 15) is 4.79 Å². The fraction of sp³-hybridized carbons (Fsp3) is 0.800. The number of carbonyl (C=O) groups excluding carboxylic acids is 1. The van der Waals surface area contributed by atoms with Crippen LogP contribution in [-0.2, 0) is 4.79 Å². The molecule has 0 saturated carbocycles. The fourth-order valence-electron chi connectivity index (χ4n) is 0.837. The van der Waals surface area contributed by atoms with Gasteiger partial charge in [-0.15, -0.1) is 0 Å². The van der Waals surface area contributed by atoms with Gasteiger partial charge in [-0.1, -0.05) is 40.5 Å². The number of hydrogen-bond acceptors (Lipinski definition) is 1. The molecule has 65 valence electrons. The minimum Gasteiger partial charge on any atom is -0.299 e. The number of Topliss-reactive ketones (excluding diaryl/α,β-unsaturated/α-hetero) is 1. The molecule has 0 aliphatic rings. The zero-order valence-corrected chi connectivity index (χ0v) is 7.94. The topological polar surface area (TPSA) is 17.1 Å². The first-order chi connectivity index (χ1) is 4.98. The average molecular weight is 155 g/mol. The first-order valence-electron chi connectivity index (χ1n) is 4.31. The van der Waals surface area contributed by atoms with Crippen molar-refractivity contribution in [3.8, 4) is 0 Å². The maximum atomic E-state index is 11.3. The predicted octanol–water partition coefficient (Wildman–Crippen LogP) is 3.00. The molecule has 11 heavy (non-hydrogen) atoms. The molecule has 1 nitrogen and oxygen atoms in total. The van der Waals surface area contributed by atoms with E-state index in [1.165, 1.54) is 0 Å². The van der Waals surface area contributed by atoms with Gasteiger partial charge in [0.05, 0.1) is 0 Å². The van der Waals surface area contributed by atoms with Crippen LogP contribution in [0.4, 0.5) is 0 Å². The summed E-state index contributed by atoms with van der Waals surface area (Å²) in [5.74, 6) is 0.367. The molecule has 0 aromatic rings. The summed E-state index contributed by atoms with van der Waals surface area (Å²) in [7, 11) is 0. The maximum absolute atomic E-state index is 11.3. The number of carbonyl (C=O) groups is 1. The minimum absolute atomic E-state index is 0.152. The van der Waals surface area contributed by atoms with E-state index in [4.69, 9.17) is 0 Å². The number of hydrogen-bond donors (Lipinski definition) is 0. The Morgan fingerprint density at radius 2 is 1.82 bits per heavy atom. The molecular formula is C10H19O. The molecule has 1 heteroatoms. The van der Waals surface area contributed by atoms with Crippen molar-refractivity contribution in [1.29, 1.82) is 0 Å². The van der Waals surface area contributed by atoms with Crippen LogP contribution in [0.2, 0.25) is 0 Å². The smallest absolute Gasteiger partial charge is 0.138 e. The Hall–Kier alpha value is -0.330. The van der Waals surface area contributed by atoms with Crippen LogP contribution in [0.25, 0.3) is 0 Å². The molecule has 0 saturated heterocycles. The lowest BCUT2D eigenvalue weighted by Crippen LogP contribution is -2.19. The van der Waals surface area contributed by atoms with Gasteiger partial charge in [0.2, 0.25) is 0 Å². The highest BCUT2D eigenvalue weighted by molar-refractivity contribution is 5.83. The van der Waals surface area contributed by atoms with Crippen LogP contribution in [-0.4, -0.2) is 5.78 Å². The largest absolute Gasteiger partial charge is 0.299 e. The molecule has 0 aliphatic carbocycles. The van der Waals surface area contributed by atoms with E-state index >= 15 is 0 Å². The van der Waals surface area contributed by atoms with Gasteiger partial charge in [-0.05, 0) is 6.42 Å². The molecule has 1 radical (unpaired) electrons. The van der Waals surface area contributed by atoms with Crippen molar-refractivity contribution in [2.75, 3.05) is 0 Å². The monoisotopic (exact) mass is 155 g/mol. The molecule has 0 amide bonds. The zero-order chi connectivity index (χ0) is 8.91. The predicted molar refractivity (Wildman–Crippen MR) is 48.3 cm³/mol. The average Bonchev–Trinajstić information content (AvgIpc) is 1.86. The van der Waals surface area contributed by atoms with Gasteiger partial charge in [-0.25, -0.2) is 0 Å². The van der Waals surface area contributed by atoms with Crippen LogP contribution in [0.5, 0.6) is 0 Å². The molecule has 0 heterocycles. The van der Waals surface area contributed by atoms with Gasteiger partial charge in [0, 0.05) is 11.8 Å². The summed E-state index contributed by atoms with van der Waals surface area (Å²) in [6.45, 7) is 9.65. The Bertz CT molecular complexity index is 119. The Morgan fingerprint density at radius 3 is 2.18 bits per heavy atom. The number of rotatable bonds is 4. The summed E-state index contributed by atoms with van der Waals surface area (Å²) in [5, 5.41) is 0. The summed E-state index contributed by atoms with van der Waals surface area (Å²) in [6.07, 6.45) is 3.73. The lowest BCUT2D eigenvalue weighted by atomic mass is 9.88. The molecule has 0 aromatic carbocycles. The van der Waals surface area contributed by atoms with E-state index < -0.39 is 0 Å². The highest BCUT2D eigenvalue weighted by Gasteiger charge is 2.19. The second-order valence-electron chi connectivity index (χ2n) is 3.98. The van der Waals surface area contributed by atoms with Crippen LogP contribution >= 0.6 is 0 Å². The standard InChI is InChI=1S/C10H19O/c1-5-6-7-8-9(11)10(2,3)4/h1,5-8H2,2-4H3. The second-order valence-corrected chi connectivity index (χ2v) is 3.98. The van der Waals surface area contributed by atoms with Gasteiger partial charge in [-0.2, -0.15) is 0 Å². The zero-order valence-electron chi connectivity index (χ0n) is 7.94. The van der Waals surface area contributed by atoms with Crippen molar-refractivity contribution in [3.05, 3.63) is 6.92 Å². The molecular weight excluding hydrogens is 136 g/mol. The SMILES string of the molecule is [CH2]CCCCC(=O)C(C)(C)C. The van der Waals surface area contributed by atoms with Crippen molar-refractivity contribution < 1.29 is 4.79 Å². The third kappa shape index (κ3) is 5.00. The van der Waals surface area contributed by atoms with E-state index in [1.807, 2.05) is 20.8 Å². The van der Waals surface area contributed by atoms with Gasteiger partial charge in [-0.3, -0.25) is 4.79 Å². The van der Waals surface area contributed by atoms with E-state index in [2.05, 4.69) is 6.92 Å². The Kier molecular flexibility index (Phi) is 4.39. The fourth-order valence-corrected chi connectivity index (χ4v) is 0.837. The summed E-state index contributed by atoms with van der Waals surface area (Å²) in [4.78, 5) is 11.3. The van der Waals surface area contributed by atoms with E-state index in [0.29, 0.717) is 5.78 Å². The number of ketones is 1. The molecule has 0 N–H and O–H groups in total. The normalized spacial score (nSPS) is 11.6. The van der Waals surface area contributed by atoms with Gasteiger partial charge in [0.25, 0.3) is 0 Å². The molecule has 0 rings (SSSR count). The third-order valence-corrected chi connectivity index (χ3v) is 1.74. The first-order valence-corrected chi connectivity index (χ1v) is 4.31. The van der Waals surface area contributed by atoms with Crippen LogP contribution < -0.4 is 0 Å². The first kappa shape index (κ1) is 10.7. The molecule has 0 unspecified atom stereocenters. The van der Waals surface area contributed by atoms with Gasteiger partial charge < -0.3 is 0 Å². The third-order valence-electron chi connectivity index (χ3n) is 1.74. The van der Waals surface area contributed by atoms with Crippen molar-refractivity contribution in [2.24, 2.45) is 5.41 Å². The van der Waals surface area contributed by atoms with Gasteiger partial charge >= 0.3 is 0 Å². The number of unbranched alkanes of at least 4 members (excludes halogenated alkanes) is 2.